The zero-order valence-corrected chi connectivity index (χ0v) is 13.6. The summed E-state index contributed by atoms with van der Waals surface area (Å²) in [6, 6.07) is 0.458. The predicted octanol–water partition coefficient (Wildman–Crippen LogP) is 4.01. The molecule has 112 valence electrons. The molecule has 0 amide bonds. The predicted molar refractivity (Wildman–Crippen MR) is 82.5 cm³/mol. The van der Waals surface area contributed by atoms with Crippen LogP contribution in [0.15, 0.2) is 0 Å². The quantitative estimate of drug-likeness (QED) is 0.853. The Hall–Kier alpha value is -1.10. The fourth-order valence-corrected chi connectivity index (χ4v) is 3.72. The molecule has 5 heteroatoms. The fraction of sp³-hybridized carbons (Fsp3) is 0.733. The summed E-state index contributed by atoms with van der Waals surface area (Å²) in [7, 11) is 0. The Kier molecular flexibility index (Phi) is 4.68. The van der Waals surface area contributed by atoms with E-state index in [9.17, 15) is 4.79 Å². The maximum absolute atomic E-state index is 11.8. The maximum Gasteiger partial charge on any atom is 0.358 e. The molecule has 1 unspecified atom stereocenters. The number of thiazole rings is 1. The largest absolute Gasteiger partial charge is 0.461 e. The van der Waals surface area contributed by atoms with Crippen LogP contribution in [-0.2, 0) is 4.74 Å². The number of carbonyl (C=O) groups is 1. The first-order valence-corrected chi connectivity index (χ1v) is 8.14. The number of hydrogen-bond acceptors (Lipinski definition) is 5. The number of hydrogen-bond donors (Lipinski definition) is 1. The minimum Gasteiger partial charge on any atom is -0.461 e. The second-order valence-electron chi connectivity index (χ2n) is 6.25. The highest BCUT2D eigenvalue weighted by Crippen LogP contribution is 2.37. The number of nitrogens with one attached hydrogen (secondary N) is 1. The van der Waals surface area contributed by atoms with Gasteiger partial charge in [0.05, 0.1) is 6.61 Å². The number of ether oxygens (including phenoxy) is 1. The average molecular weight is 296 g/mol. The molecule has 0 radical (unpaired) electrons. The van der Waals surface area contributed by atoms with Gasteiger partial charge in [-0.2, -0.15) is 0 Å². The Balaban J connectivity index is 2.03. The first-order valence-electron chi connectivity index (χ1n) is 7.32. The van der Waals surface area contributed by atoms with Crippen LogP contribution in [0.25, 0.3) is 0 Å². The van der Waals surface area contributed by atoms with E-state index in [-0.39, 0.29) is 5.97 Å². The molecule has 1 saturated carbocycles. The Morgan fingerprint density at radius 1 is 1.55 bits per heavy atom. The van der Waals surface area contributed by atoms with Crippen molar-refractivity contribution in [2.45, 2.75) is 59.4 Å². The lowest BCUT2D eigenvalue weighted by Crippen LogP contribution is -2.31. The zero-order chi connectivity index (χ0) is 14.8. The van der Waals surface area contributed by atoms with E-state index in [1.165, 1.54) is 30.6 Å². The number of anilines is 1. The van der Waals surface area contributed by atoms with E-state index in [1.807, 2.05) is 13.8 Å². The third-order valence-electron chi connectivity index (χ3n) is 3.80. The molecule has 1 fully saturated rings. The second kappa shape index (κ2) is 6.12. The minimum atomic E-state index is -0.321. The second-order valence-corrected chi connectivity index (χ2v) is 7.45. The molecule has 1 aromatic heterocycles. The van der Waals surface area contributed by atoms with E-state index in [0.717, 1.165) is 16.4 Å². The molecule has 0 bridgehead atoms. The number of rotatable bonds is 4. The number of carbonyl (C=O) groups excluding carboxylic acids is 1. The average Bonchev–Trinajstić information content (AvgIpc) is 2.69. The Bertz CT molecular complexity index is 482. The molecule has 20 heavy (non-hydrogen) atoms. The van der Waals surface area contributed by atoms with E-state index in [4.69, 9.17) is 4.74 Å². The summed E-state index contributed by atoms with van der Waals surface area (Å²) in [6.07, 6.45) is 4.87. The summed E-state index contributed by atoms with van der Waals surface area (Å²) >= 11 is 1.54. The molecule has 0 aromatic carbocycles. The lowest BCUT2D eigenvalue weighted by molar-refractivity contribution is 0.0519. The van der Waals surface area contributed by atoms with Crippen molar-refractivity contribution in [2.75, 3.05) is 11.9 Å². The van der Waals surface area contributed by atoms with Crippen LogP contribution in [0, 0.1) is 12.3 Å². The summed E-state index contributed by atoms with van der Waals surface area (Å²) < 4.78 is 5.02. The van der Waals surface area contributed by atoms with Crippen molar-refractivity contribution < 1.29 is 9.53 Å². The summed E-state index contributed by atoms with van der Waals surface area (Å²) in [6.45, 7) is 8.74. The standard InChI is InChI=1S/C15H24N2O2S/c1-5-19-13(18)12-10(2)20-14(17-12)16-11-7-6-8-15(3,4)9-11/h11H,5-9H2,1-4H3,(H,16,17). The number of esters is 1. The van der Waals surface area contributed by atoms with Gasteiger partial charge in [0.25, 0.3) is 0 Å². The third kappa shape index (κ3) is 3.72. The summed E-state index contributed by atoms with van der Waals surface area (Å²) in [4.78, 5) is 17.1. The SMILES string of the molecule is CCOC(=O)c1nc(NC2CCCC(C)(C)C2)sc1C. The van der Waals surface area contributed by atoms with Crippen LogP contribution in [-0.4, -0.2) is 23.6 Å². The van der Waals surface area contributed by atoms with E-state index >= 15 is 0 Å². The van der Waals surface area contributed by atoms with Crippen molar-refractivity contribution in [3.63, 3.8) is 0 Å². The molecule has 1 N–H and O–H groups in total. The molecule has 1 aromatic rings. The van der Waals surface area contributed by atoms with Gasteiger partial charge in [0.1, 0.15) is 0 Å². The van der Waals surface area contributed by atoms with Gasteiger partial charge < -0.3 is 10.1 Å². The smallest absolute Gasteiger partial charge is 0.358 e. The monoisotopic (exact) mass is 296 g/mol. The van der Waals surface area contributed by atoms with E-state index in [2.05, 4.69) is 24.1 Å². The molecule has 0 saturated heterocycles. The zero-order valence-electron chi connectivity index (χ0n) is 12.8. The van der Waals surface area contributed by atoms with Gasteiger partial charge >= 0.3 is 5.97 Å². The number of aromatic nitrogens is 1. The Morgan fingerprint density at radius 2 is 2.30 bits per heavy atom. The van der Waals surface area contributed by atoms with Crippen molar-refractivity contribution in [2.24, 2.45) is 5.41 Å². The van der Waals surface area contributed by atoms with Crippen molar-refractivity contribution >= 4 is 22.4 Å². The topological polar surface area (TPSA) is 51.2 Å². The van der Waals surface area contributed by atoms with E-state index in [1.54, 1.807) is 0 Å². The number of nitrogens with zero attached hydrogens (tertiary/aromatic N) is 1. The lowest BCUT2D eigenvalue weighted by atomic mass is 9.75. The van der Waals surface area contributed by atoms with Crippen LogP contribution in [0.2, 0.25) is 0 Å². The van der Waals surface area contributed by atoms with Crippen LogP contribution in [0.4, 0.5) is 5.13 Å². The van der Waals surface area contributed by atoms with Crippen LogP contribution >= 0.6 is 11.3 Å². The van der Waals surface area contributed by atoms with E-state index < -0.39 is 0 Å². The first-order chi connectivity index (χ1) is 9.41. The highest BCUT2D eigenvalue weighted by Gasteiger charge is 2.28. The molecule has 4 nitrogen and oxygen atoms in total. The summed E-state index contributed by atoms with van der Waals surface area (Å²) in [5.74, 6) is -0.321. The van der Waals surface area contributed by atoms with Crippen molar-refractivity contribution in [3.8, 4) is 0 Å². The molecule has 2 rings (SSSR count). The fourth-order valence-electron chi connectivity index (χ4n) is 2.84. The van der Waals surface area contributed by atoms with Gasteiger partial charge in [-0.05, 0) is 38.5 Å². The molecule has 1 aliphatic rings. The van der Waals surface area contributed by atoms with Crippen LogP contribution < -0.4 is 5.32 Å². The van der Waals surface area contributed by atoms with Gasteiger partial charge in [0.2, 0.25) is 0 Å². The van der Waals surface area contributed by atoms with Crippen LogP contribution in [0.1, 0.15) is 61.8 Å². The van der Waals surface area contributed by atoms with Gasteiger partial charge in [-0.25, -0.2) is 9.78 Å². The van der Waals surface area contributed by atoms with Crippen molar-refractivity contribution in [1.29, 1.82) is 0 Å². The van der Waals surface area contributed by atoms with E-state index in [0.29, 0.717) is 23.8 Å². The molecule has 1 heterocycles. The maximum atomic E-state index is 11.8. The third-order valence-corrected chi connectivity index (χ3v) is 4.70. The summed E-state index contributed by atoms with van der Waals surface area (Å²) in [5.41, 5.74) is 0.848. The van der Waals surface area contributed by atoms with Crippen molar-refractivity contribution in [1.82, 2.24) is 4.98 Å². The number of aryl methyl sites for hydroxylation is 1. The first kappa shape index (κ1) is 15.3. The van der Waals surface area contributed by atoms with Gasteiger partial charge in [0.15, 0.2) is 10.8 Å². The molecular weight excluding hydrogens is 272 g/mol. The highest BCUT2D eigenvalue weighted by molar-refractivity contribution is 7.15. The normalized spacial score (nSPS) is 21.5. The molecule has 0 aliphatic heterocycles. The Labute approximate surface area is 124 Å². The van der Waals surface area contributed by atoms with Gasteiger partial charge in [0, 0.05) is 10.9 Å². The lowest BCUT2D eigenvalue weighted by Gasteiger charge is -2.35. The molecule has 1 atom stereocenters. The van der Waals surface area contributed by atoms with Crippen molar-refractivity contribution in [3.05, 3.63) is 10.6 Å². The van der Waals surface area contributed by atoms with Gasteiger partial charge in [-0.15, -0.1) is 11.3 Å². The molecule has 0 spiro atoms. The Morgan fingerprint density at radius 3 is 2.95 bits per heavy atom. The highest BCUT2D eigenvalue weighted by atomic mass is 32.1. The molecular formula is C15H24N2O2S. The molecule has 1 aliphatic carbocycles. The van der Waals surface area contributed by atoms with Gasteiger partial charge in [-0.3, -0.25) is 0 Å². The van der Waals surface area contributed by atoms with Crippen LogP contribution in [0.5, 0.6) is 0 Å². The minimum absolute atomic E-state index is 0.321. The van der Waals surface area contributed by atoms with Gasteiger partial charge in [-0.1, -0.05) is 20.3 Å². The summed E-state index contributed by atoms with van der Waals surface area (Å²) in [5, 5.41) is 4.34. The van der Waals surface area contributed by atoms with Crippen LogP contribution in [0.3, 0.4) is 0 Å².